The maximum Gasteiger partial charge on any atom is 0.222 e. The Balaban J connectivity index is 1.66. The summed E-state index contributed by atoms with van der Waals surface area (Å²) >= 11 is 0. The molecule has 4 rings (SSSR count). The molecule has 4 heterocycles. The Bertz CT molecular complexity index is 1020. The monoisotopic (exact) mass is 345 g/mol. The van der Waals surface area contributed by atoms with Crippen molar-refractivity contribution in [1.82, 2.24) is 24.5 Å². The fourth-order valence-electron chi connectivity index (χ4n) is 2.82. The van der Waals surface area contributed by atoms with Crippen molar-refractivity contribution in [3.05, 3.63) is 71.9 Å². The third kappa shape index (κ3) is 3.32. The molecule has 0 unspecified atom stereocenters. The number of rotatable bonds is 5. The van der Waals surface area contributed by atoms with Gasteiger partial charge in [-0.1, -0.05) is 12.1 Å². The van der Waals surface area contributed by atoms with Gasteiger partial charge in [0.2, 0.25) is 5.95 Å². The summed E-state index contributed by atoms with van der Waals surface area (Å²) in [7, 11) is 0. The minimum atomic E-state index is 0.243. The highest BCUT2D eigenvalue weighted by Crippen LogP contribution is 2.23. The summed E-state index contributed by atoms with van der Waals surface area (Å²) in [4.78, 5) is 17.5. The molecule has 0 fully saturated rings. The molecule has 0 saturated carbocycles. The molecule has 26 heavy (non-hydrogen) atoms. The van der Waals surface area contributed by atoms with Crippen molar-refractivity contribution in [1.29, 1.82) is 0 Å². The van der Waals surface area contributed by atoms with Crippen LogP contribution in [-0.4, -0.2) is 24.5 Å². The highest BCUT2D eigenvalue weighted by Gasteiger charge is 2.12. The van der Waals surface area contributed by atoms with Gasteiger partial charge < -0.3 is 15.6 Å². The van der Waals surface area contributed by atoms with Crippen molar-refractivity contribution in [2.75, 3.05) is 11.1 Å². The van der Waals surface area contributed by atoms with Crippen molar-refractivity contribution < 1.29 is 0 Å². The summed E-state index contributed by atoms with van der Waals surface area (Å²) in [5.74, 6) is 0.934. The number of hydrogen-bond donors (Lipinski definition) is 2. The highest BCUT2D eigenvalue weighted by molar-refractivity contribution is 5.87. The van der Waals surface area contributed by atoms with E-state index in [0.717, 1.165) is 28.0 Å². The van der Waals surface area contributed by atoms with E-state index >= 15 is 0 Å². The van der Waals surface area contributed by atoms with Crippen LogP contribution in [0.15, 0.2) is 55.0 Å². The first-order chi connectivity index (χ1) is 12.7. The van der Waals surface area contributed by atoms with E-state index in [1.165, 1.54) is 0 Å². The fourth-order valence-corrected chi connectivity index (χ4v) is 2.82. The normalized spacial score (nSPS) is 11.0. The second-order valence-corrected chi connectivity index (χ2v) is 6.11. The lowest BCUT2D eigenvalue weighted by Crippen LogP contribution is -2.09. The number of nitrogens with zero attached hydrogens (tertiary/aromatic N) is 5. The molecule has 3 N–H and O–H groups in total. The summed E-state index contributed by atoms with van der Waals surface area (Å²) in [6.07, 6.45) is 5.62. The van der Waals surface area contributed by atoms with Crippen LogP contribution in [0.1, 0.15) is 17.0 Å². The van der Waals surface area contributed by atoms with E-state index in [1.54, 1.807) is 6.20 Å². The Kier molecular flexibility index (Phi) is 4.18. The zero-order chi connectivity index (χ0) is 17.9. The van der Waals surface area contributed by atoms with Gasteiger partial charge in [-0.3, -0.25) is 9.97 Å². The third-order valence-corrected chi connectivity index (χ3v) is 4.10. The molecule has 0 aliphatic heterocycles. The molecule has 0 bridgehead atoms. The van der Waals surface area contributed by atoms with Gasteiger partial charge in [-0.15, -0.1) is 0 Å². The molecule has 7 nitrogen and oxygen atoms in total. The molecule has 0 aliphatic rings. The Morgan fingerprint density at radius 1 is 1.04 bits per heavy atom. The van der Waals surface area contributed by atoms with Crippen LogP contribution in [0.2, 0.25) is 0 Å². The van der Waals surface area contributed by atoms with Crippen LogP contribution in [0.5, 0.6) is 0 Å². The largest absolute Gasteiger partial charge is 0.368 e. The quantitative estimate of drug-likeness (QED) is 0.577. The molecule has 4 aromatic rings. The van der Waals surface area contributed by atoms with Crippen molar-refractivity contribution in [2.24, 2.45) is 0 Å². The second-order valence-electron chi connectivity index (χ2n) is 6.11. The molecule has 0 atom stereocenters. The fraction of sp³-hybridized carbons (Fsp3) is 0.158. The first-order valence-corrected chi connectivity index (χ1v) is 8.37. The van der Waals surface area contributed by atoms with Gasteiger partial charge in [0.05, 0.1) is 30.0 Å². The zero-order valence-electron chi connectivity index (χ0n) is 14.4. The number of nitrogens with two attached hydrogens (primary N) is 1. The molecule has 0 spiro atoms. The van der Waals surface area contributed by atoms with Crippen LogP contribution in [0.25, 0.3) is 11.0 Å². The summed E-state index contributed by atoms with van der Waals surface area (Å²) in [5.41, 5.74) is 10.6. The molecule has 0 saturated heterocycles. The van der Waals surface area contributed by atoms with Gasteiger partial charge in [0.15, 0.2) is 5.82 Å². The summed E-state index contributed by atoms with van der Waals surface area (Å²) < 4.78 is 2.07. The number of anilines is 2. The molecule has 0 aliphatic carbocycles. The number of aromatic nitrogens is 5. The van der Waals surface area contributed by atoms with E-state index < -0.39 is 0 Å². The van der Waals surface area contributed by atoms with Crippen molar-refractivity contribution in [2.45, 2.75) is 20.0 Å². The third-order valence-electron chi connectivity index (χ3n) is 4.10. The smallest absolute Gasteiger partial charge is 0.222 e. The van der Waals surface area contributed by atoms with E-state index in [1.807, 2.05) is 55.7 Å². The van der Waals surface area contributed by atoms with Gasteiger partial charge in [-0.25, -0.2) is 4.98 Å². The van der Waals surface area contributed by atoms with Crippen molar-refractivity contribution in [3.63, 3.8) is 0 Å². The topological polar surface area (TPSA) is 94.5 Å². The van der Waals surface area contributed by atoms with Gasteiger partial charge in [0.1, 0.15) is 5.52 Å². The maximum absolute atomic E-state index is 5.88. The van der Waals surface area contributed by atoms with Gasteiger partial charge in [-0.05, 0) is 36.8 Å². The molecule has 130 valence electrons. The van der Waals surface area contributed by atoms with Gasteiger partial charge in [0.25, 0.3) is 0 Å². The number of fused-ring (bicyclic) bond motifs is 1. The lowest BCUT2D eigenvalue weighted by atomic mass is 10.3. The van der Waals surface area contributed by atoms with E-state index in [0.29, 0.717) is 18.9 Å². The van der Waals surface area contributed by atoms with Gasteiger partial charge in [0, 0.05) is 18.6 Å². The summed E-state index contributed by atoms with van der Waals surface area (Å²) in [5, 5.41) is 3.34. The Morgan fingerprint density at radius 2 is 1.96 bits per heavy atom. The predicted octanol–water partition coefficient (Wildman–Crippen LogP) is 2.77. The number of nitrogens with one attached hydrogen (secondary N) is 1. The summed E-state index contributed by atoms with van der Waals surface area (Å²) in [6.45, 7) is 3.21. The molecule has 4 aromatic heterocycles. The van der Waals surface area contributed by atoms with Crippen LogP contribution in [0.4, 0.5) is 11.8 Å². The van der Waals surface area contributed by atoms with E-state index in [9.17, 15) is 0 Å². The van der Waals surface area contributed by atoms with E-state index in [4.69, 9.17) is 5.73 Å². The minimum Gasteiger partial charge on any atom is -0.368 e. The number of aryl methyl sites for hydroxylation is 1. The molecule has 0 aromatic carbocycles. The lowest BCUT2D eigenvalue weighted by Gasteiger charge is -2.11. The van der Waals surface area contributed by atoms with E-state index in [-0.39, 0.29) is 5.95 Å². The zero-order valence-corrected chi connectivity index (χ0v) is 14.4. The SMILES string of the molecule is Cc1ccc(CNc2nc(N)nc3ccn(Cc4ccccn4)c23)nc1. The van der Waals surface area contributed by atoms with Crippen LogP contribution in [-0.2, 0) is 13.1 Å². The van der Waals surface area contributed by atoms with Gasteiger partial charge in [-0.2, -0.15) is 4.98 Å². The first-order valence-electron chi connectivity index (χ1n) is 8.37. The van der Waals surface area contributed by atoms with Crippen molar-refractivity contribution in [3.8, 4) is 0 Å². The lowest BCUT2D eigenvalue weighted by molar-refractivity contribution is 0.805. The van der Waals surface area contributed by atoms with Crippen LogP contribution >= 0.6 is 0 Å². The Hall–Kier alpha value is -3.48. The molecule has 7 heteroatoms. The number of nitrogen functional groups attached to an aromatic ring is 1. The van der Waals surface area contributed by atoms with Gasteiger partial charge >= 0.3 is 0 Å². The Morgan fingerprint density at radius 3 is 2.73 bits per heavy atom. The molecule has 0 amide bonds. The standard InChI is InChI=1S/C19H19N7/c1-13-5-6-14(22-10-13)11-23-18-17-16(24-19(20)25-18)7-9-26(17)12-15-4-2-3-8-21-15/h2-10H,11-12H2,1H3,(H3,20,23,24,25). The van der Waals surface area contributed by atoms with Crippen molar-refractivity contribution >= 4 is 22.8 Å². The molecular formula is C19H19N7. The average Bonchev–Trinajstić information content (AvgIpc) is 3.04. The minimum absolute atomic E-state index is 0.243. The van der Waals surface area contributed by atoms with Crippen LogP contribution < -0.4 is 11.1 Å². The predicted molar refractivity (Wildman–Crippen MR) is 102 cm³/mol. The van der Waals surface area contributed by atoms with E-state index in [2.05, 4.69) is 29.8 Å². The molecular weight excluding hydrogens is 326 g/mol. The summed E-state index contributed by atoms with van der Waals surface area (Å²) in [6, 6.07) is 11.8. The number of pyridine rings is 2. The number of hydrogen-bond acceptors (Lipinski definition) is 6. The highest BCUT2D eigenvalue weighted by atomic mass is 15.1. The first kappa shape index (κ1) is 16.0. The van der Waals surface area contributed by atoms with Crippen LogP contribution in [0, 0.1) is 6.92 Å². The Labute approximate surface area is 151 Å². The maximum atomic E-state index is 5.88. The van der Waals surface area contributed by atoms with Crippen LogP contribution in [0.3, 0.4) is 0 Å². The second kappa shape index (κ2) is 6.79. The molecule has 0 radical (unpaired) electrons. The average molecular weight is 345 g/mol.